The zero-order valence-electron chi connectivity index (χ0n) is 10.3. The van der Waals surface area contributed by atoms with Gasteiger partial charge >= 0.3 is 0 Å². The third-order valence-corrected chi connectivity index (χ3v) is 4.56. The van der Waals surface area contributed by atoms with Crippen molar-refractivity contribution in [2.24, 2.45) is 0 Å². The number of hydrogen-bond acceptors (Lipinski definition) is 5. The standard InChI is InChI=1S/C12H18N4OS/c13-12-14-9(8-18-12)6-11(17)16-5-4-15-3-1-2-10(15)7-16/h8,10H,1-7H2,(H2,13,14). The van der Waals surface area contributed by atoms with E-state index in [1.807, 2.05) is 10.3 Å². The summed E-state index contributed by atoms with van der Waals surface area (Å²) in [5.41, 5.74) is 6.38. The summed E-state index contributed by atoms with van der Waals surface area (Å²) in [7, 11) is 0. The van der Waals surface area contributed by atoms with Crippen LogP contribution in [0.3, 0.4) is 0 Å². The van der Waals surface area contributed by atoms with Crippen LogP contribution < -0.4 is 5.73 Å². The number of anilines is 1. The van der Waals surface area contributed by atoms with E-state index in [-0.39, 0.29) is 5.91 Å². The van der Waals surface area contributed by atoms with E-state index in [4.69, 9.17) is 5.73 Å². The molecule has 0 saturated carbocycles. The summed E-state index contributed by atoms with van der Waals surface area (Å²) < 4.78 is 0. The Morgan fingerprint density at radius 2 is 2.39 bits per heavy atom. The molecular weight excluding hydrogens is 248 g/mol. The number of thiazole rings is 1. The normalized spacial score (nSPS) is 24.2. The van der Waals surface area contributed by atoms with Crippen LogP contribution in [-0.4, -0.2) is 52.9 Å². The fraction of sp³-hybridized carbons (Fsp3) is 0.667. The van der Waals surface area contributed by atoms with Crippen LogP contribution in [0, 0.1) is 0 Å². The zero-order chi connectivity index (χ0) is 12.5. The van der Waals surface area contributed by atoms with Crippen LogP contribution in [-0.2, 0) is 11.2 Å². The number of piperazine rings is 1. The van der Waals surface area contributed by atoms with Crippen LogP contribution in [0.4, 0.5) is 5.13 Å². The Morgan fingerprint density at radius 3 is 3.17 bits per heavy atom. The van der Waals surface area contributed by atoms with Crippen molar-refractivity contribution in [1.82, 2.24) is 14.8 Å². The van der Waals surface area contributed by atoms with Gasteiger partial charge in [-0.25, -0.2) is 4.98 Å². The molecule has 2 saturated heterocycles. The third kappa shape index (κ3) is 2.35. The number of rotatable bonds is 2. The molecule has 3 rings (SSSR count). The second-order valence-corrected chi connectivity index (χ2v) is 5.92. The minimum absolute atomic E-state index is 0.187. The van der Waals surface area contributed by atoms with Crippen molar-refractivity contribution < 1.29 is 4.79 Å². The molecule has 1 aromatic heterocycles. The van der Waals surface area contributed by atoms with E-state index in [0.29, 0.717) is 17.6 Å². The first-order valence-electron chi connectivity index (χ1n) is 6.44. The monoisotopic (exact) mass is 266 g/mol. The van der Waals surface area contributed by atoms with E-state index in [0.717, 1.165) is 25.3 Å². The van der Waals surface area contributed by atoms with Gasteiger partial charge in [-0.3, -0.25) is 9.69 Å². The molecule has 18 heavy (non-hydrogen) atoms. The number of nitrogen functional groups attached to an aromatic ring is 1. The lowest BCUT2D eigenvalue weighted by Gasteiger charge is -2.37. The molecular formula is C12H18N4OS. The highest BCUT2D eigenvalue weighted by Gasteiger charge is 2.32. The van der Waals surface area contributed by atoms with Crippen LogP contribution in [0.2, 0.25) is 0 Å². The van der Waals surface area contributed by atoms with Gasteiger partial charge in [-0.2, -0.15) is 0 Å². The van der Waals surface area contributed by atoms with E-state index < -0.39 is 0 Å². The fourth-order valence-corrected chi connectivity index (χ4v) is 3.45. The van der Waals surface area contributed by atoms with Gasteiger partial charge in [0.1, 0.15) is 0 Å². The molecule has 0 aromatic carbocycles. The van der Waals surface area contributed by atoms with E-state index in [1.165, 1.54) is 30.7 Å². The van der Waals surface area contributed by atoms with Crippen molar-refractivity contribution in [3.05, 3.63) is 11.1 Å². The van der Waals surface area contributed by atoms with Crippen molar-refractivity contribution >= 4 is 22.4 Å². The number of fused-ring (bicyclic) bond motifs is 1. The Hall–Kier alpha value is -1.14. The minimum atomic E-state index is 0.187. The summed E-state index contributed by atoms with van der Waals surface area (Å²) in [5, 5.41) is 2.41. The van der Waals surface area contributed by atoms with Crippen molar-refractivity contribution in [2.75, 3.05) is 31.9 Å². The Kier molecular flexibility index (Phi) is 3.22. The molecule has 1 aromatic rings. The smallest absolute Gasteiger partial charge is 0.228 e. The SMILES string of the molecule is Nc1nc(CC(=O)N2CCN3CCCC3C2)cs1. The number of nitrogens with two attached hydrogens (primary N) is 1. The molecule has 1 atom stereocenters. The van der Waals surface area contributed by atoms with Gasteiger partial charge in [0.2, 0.25) is 5.91 Å². The second-order valence-electron chi connectivity index (χ2n) is 5.03. The topological polar surface area (TPSA) is 62.5 Å². The summed E-state index contributed by atoms with van der Waals surface area (Å²) >= 11 is 1.40. The number of carbonyl (C=O) groups is 1. The van der Waals surface area contributed by atoms with E-state index >= 15 is 0 Å². The number of hydrogen-bond donors (Lipinski definition) is 1. The molecule has 5 nitrogen and oxygen atoms in total. The number of amides is 1. The molecule has 6 heteroatoms. The predicted octanol–water partition coefficient (Wildman–Crippen LogP) is 0.574. The Labute approximate surface area is 111 Å². The highest BCUT2D eigenvalue weighted by atomic mass is 32.1. The first-order valence-corrected chi connectivity index (χ1v) is 7.32. The average molecular weight is 266 g/mol. The molecule has 0 spiro atoms. The number of nitrogens with zero attached hydrogens (tertiary/aromatic N) is 3. The molecule has 98 valence electrons. The van der Waals surface area contributed by atoms with Crippen molar-refractivity contribution in [3.8, 4) is 0 Å². The molecule has 0 aliphatic carbocycles. The molecule has 1 amide bonds. The Morgan fingerprint density at radius 1 is 1.50 bits per heavy atom. The largest absolute Gasteiger partial charge is 0.375 e. The van der Waals surface area contributed by atoms with E-state index in [1.54, 1.807) is 0 Å². The average Bonchev–Trinajstić information content (AvgIpc) is 2.96. The molecule has 2 fully saturated rings. The minimum Gasteiger partial charge on any atom is -0.375 e. The molecule has 2 aliphatic rings. The maximum absolute atomic E-state index is 12.2. The zero-order valence-corrected chi connectivity index (χ0v) is 11.2. The highest BCUT2D eigenvalue weighted by Crippen LogP contribution is 2.22. The Bertz CT molecular complexity index is 447. The maximum atomic E-state index is 12.2. The second kappa shape index (κ2) is 4.85. The van der Waals surface area contributed by atoms with Gasteiger partial charge in [0.25, 0.3) is 0 Å². The van der Waals surface area contributed by atoms with Gasteiger partial charge in [0.15, 0.2) is 5.13 Å². The summed E-state index contributed by atoms with van der Waals surface area (Å²) in [6.07, 6.45) is 2.89. The molecule has 2 aliphatic heterocycles. The Balaban J connectivity index is 1.59. The quantitative estimate of drug-likeness (QED) is 0.850. The van der Waals surface area contributed by atoms with Gasteiger partial charge in [0.05, 0.1) is 12.1 Å². The van der Waals surface area contributed by atoms with Crippen molar-refractivity contribution in [3.63, 3.8) is 0 Å². The molecule has 0 radical (unpaired) electrons. The van der Waals surface area contributed by atoms with Crippen LogP contribution >= 0.6 is 11.3 Å². The molecule has 0 bridgehead atoms. The first kappa shape index (κ1) is 11.9. The summed E-state index contributed by atoms with van der Waals surface area (Å²) in [6.45, 7) is 3.97. The summed E-state index contributed by atoms with van der Waals surface area (Å²) in [5.74, 6) is 0.187. The summed E-state index contributed by atoms with van der Waals surface area (Å²) in [4.78, 5) is 20.8. The lowest BCUT2D eigenvalue weighted by molar-refractivity contribution is -0.133. The van der Waals surface area contributed by atoms with E-state index in [9.17, 15) is 4.79 Å². The van der Waals surface area contributed by atoms with Crippen LogP contribution in [0.25, 0.3) is 0 Å². The summed E-state index contributed by atoms with van der Waals surface area (Å²) in [6, 6.07) is 0.586. The van der Waals surface area contributed by atoms with Gasteiger partial charge < -0.3 is 10.6 Å². The molecule has 3 heterocycles. The highest BCUT2D eigenvalue weighted by molar-refractivity contribution is 7.13. The number of aromatic nitrogens is 1. The van der Waals surface area contributed by atoms with E-state index in [2.05, 4.69) is 9.88 Å². The van der Waals surface area contributed by atoms with Gasteiger partial charge in [-0.05, 0) is 19.4 Å². The maximum Gasteiger partial charge on any atom is 0.228 e. The number of carbonyl (C=O) groups excluding carboxylic acids is 1. The van der Waals surface area contributed by atoms with Gasteiger partial charge in [-0.15, -0.1) is 11.3 Å². The first-order chi connectivity index (χ1) is 8.72. The van der Waals surface area contributed by atoms with Crippen molar-refractivity contribution in [1.29, 1.82) is 0 Å². The van der Waals surface area contributed by atoms with Gasteiger partial charge in [0, 0.05) is 31.1 Å². The lowest BCUT2D eigenvalue weighted by Crippen LogP contribution is -2.52. The molecule has 1 unspecified atom stereocenters. The van der Waals surface area contributed by atoms with Crippen LogP contribution in [0.5, 0.6) is 0 Å². The van der Waals surface area contributed by atoms with Gasteiger partial charge in [-0.1, -0.05) is 0 Å². The fourth-order valence-electron chi connectivity index (χ4n) is 2.89. The predicted molar refractivity (Wildman–Crippen MR) is 71.4 cm³/mol. The lowest BCUT2D eigenvalue weighted by atomic mass is 10.1. The van der Waals surface area contributed by atoms with Crippen LogP contribution in [0.1, 0.15) is 18.5 Å². The molecule has 2 N–H and O–H groups in total. The van der Waals surface area contributed by atoms with Crippen LogP contribution in [0.15, 0.2) is 5.38 Å². The van der Waals surface area contributed by atoms with Crippen molar-refractivity contribution in [2.45, 2.75) is 25.3 Å². The third-order valence-electron chi connectivity index (χ3n) is 3.84.